The quantitative estimate of drug-likeness (QED) is 0.840. The van der Waals surface area contributed by atoms with Crippen LogP contribution in [-0.4, -0.2) is 44.5 Å². The highest BCUT2D eigenvalue weighted by Crippen LogP contribution is 2.31. The lowest BCUT2D eigenvalue weighted by atomic mass is 9.99. The lowest BCUT2D eigenvalue weighted by Gasteiger charge is -2.35. The molecular formula is C22H26N3O2+. The minimum absolute atomic E-state index is 0.337. The zero-order chi connectivity index (χ0) is 19.0. The molecule has 2 aromatic carbocycles. The summed E-state index contributed by atoms with van der Waals surface area (Å²) in [4.78, 5) is 30.4. The Labute approximate surface area is 160 Å². The first kappa shape index (κ1) is 17.7. The summed E-state index contributed by atoms with van der Waals surface area (Å²) >= 11 is 0. The average Bonchev–Trinajstić information content (AvgIpc) is 2.93. The number of benzene rings is 2. The number of fused-ring (bicyclic) bond motifs is 1. The molecule has 27 heavy (non-hydrogen) atoms. The zero-order valence-electron chi connectivity index (χ0n) is 15.9. The molecule has 2 aliphatic heterocycles. The fraction of sp³-hybridized carbons (Fsp3) is 0.364. The largest absolute Gasteiger partial charge is 0.360 e. The van der Waals surface area contributed by atoms with Gasteiger partial charge < -0.3 is 9.80 Å². The number of anilines is 2. The predicted molar refractivity (Wildman–Crippen MR) is 107 cm³/mol. The highest BCUT2D eigenvalue weighted by Gasteiger charge is 2.38. The van der Waals surface area contributed by atoms with Gasteiger partial charge in [0.2, 0.25) is 0 Å². The van der Waals surface area contributed by atoms with Gasteiger partial charge in [0, 0.05) is 5.69 Å². The van der Waals surface area contributed by atoms with Gasteiger partial charge in [0.15, 0.2) is 6.67 Å². The van der Waals surface area contributed by atoms with Crippen LogP contribution in [-0.2, 0) is 4.79 Å². The van der Waals surface area contributed by atoms with Crippen molar-refractivity contribution in [3.8, 4) is 0 Å². The summed E-state index contributed by atoms with van der Waals surface area (Å²) in [5.41, 5.74) is 3.68. The summed E-state index contributed by atoms with van der Waals surface area (Å²) in [7, 11) is 0. The molecule has 0 aliphatic carbocycles. The number of hydrogen-bond acceptors (Lipinski definition) is 3. The zero-order valence-corrected chi connectivity index (χ0v) is 15.9. The molecule has 5 heteroatoms. The summed E-state index contributed by atoms with van der Waals surface area (Å²) in [6.45, 7) is 8.55. The van der Waals surface area contributed by atoms with E-state index in [2.05, 4.69) is 43.0 Å². The van der Waals surface area contributed by atoms with Crippen LogP contribution in [0.4, 0.5) is 11.4 Å². The second-order valence-electron chi connectivity index (χ2n) is 7.72. The monoisotopic (exact) mass is 364 g/mol. The minimum Gasteiger partial charge on any atom is -0.360 e. The Morgan fingerprint density at radius 3 is 2.37 bits per heavy atom. The van der Waals surface area contributed by atoms with Gasteiger partial charge in [-0.05, 0) is 35.7 Å². The van der Waals surface area contributed by atoms with Gasteiger partial charge in [-0.1, -0.05) is 38.1 Å². The van der Waals surface area contributed by atoms with Gasteiger partial charge >= 0.3 is 5.91 Å². The third kappa shape index (κ3) is 3.35. The maximum absolute atomic E-state index is 12.6. The Morgan fingerprint density at radius 1 is 1.00 bits per heavy atom. The van der Waals surface area contributed by atoms with Crippen molar-refractivity contribution in [3.63, 3.8) is 0 Å². The second kappa shape index (κ2) is 7.16. The fourth-order valence-electron chi connectivity index (χ4n) is 3.94. The van der Waals surface area contributed by atoms with Crippen LogP contribution in [0.25, 0.3) is 0 Å². The lowest BCUT2D eigenvalue weighted by Crippen LogP contribution is -3.16. The van der Waals surface area contributed by atoms with E-state index in [4.69, 9.17) is 0 Å². The third-order valence-corrected chi connectivity index (χ3v) is 5.64. The molecule has 0 radical (unpaired) electrons. The summed E-state index contributed by atoms with van der Waals surface area (Å²) in [5, 5.41) is 0. The summed E-state index contributed by atoms with van der Waals surface area (Å²) in [6.07, 6.45) is 0. The Hall–Kier alpha value is -2.66. The van der Waals surface area contributed by atoms with Crippen molar-refractivity contribution < 1.29 is 14.5 Å². The second-order valence-corrected chi connectivity index (χ2v) is 7.72. The summed E-state index contributed by atoms with van der Waals surface area (Å²) in [6, 6.07) is 16.3. The van der Waals surface area contributed by atoms with Crippen LogP contribution in [0, 0.1) is 0 Å². The molecule has 0 unspecified atom stereocenters. The SMILES string of the molecule is CC(C)c1ccc2c(c1)C(=O)C(=O)N2C[NH+]1CCN(c2ccccc2)CC1. The van der Waals surface area contributed by atoms with Crippen LogP contribution in [0.2, 0.25) is 0 Å². The van der Waals surface area contributed by atoms with E-state index < -0.39 is 0 Å². The van der Waals surface area contributed by atoms with Crippen molar-refractivity contribution in [2.24, 2.45) is 0 Å². The summed E-state index contributed by atoms with van der Waals surface area (Å²) < 4.78 is 0. The van der Waals surface area contributed by atoms with Gasteiger partial charge in [-0.15, -0.1) is 0 Å². The van der Waals surface area contributed by atoms with E-state index >= 15 is 0 Å². The van der Waals surface area contributed by atoms with E-state index in [1.54, 1.807) is 4.90 Å². The molecule has 140 valence electrons. The normalized spacial score (nSPS) is 17.7. The highest BCUT2D eigenvalue weighted by molar-refractivity contribution is 6.52. The van der Waals surface area contributed by atoms with Gasteiger partial charge in [-0.2, -0.15) is 0 Å². The van der Waals surface area contributed by atoms with Crippen molar-refractivity contribution in [3.05, 3.63) is 59.7 Å². The number of para-hydroxylation sites is 1. The van der Waals surface area contributed by atoms with Crippen LogP contribution in [0.5, 0.6) is 0 Å². The number of ketones is 1. The fourth-order valence-corrected chi connectivity index (χ4v) is 3.94. The van der Waals surface area contributed by atoms with Gasteiger partial charge in [-0.25, -0.2) is 0 Å². The molecule has 1 fully saturated rings. The molecule has 1 amide bonds. The Balaban J connectivity index is 1.45. The Bertz CT molecular complexity index is 855. The molecule has 0 aromatic heterocycles. The molecule has 2 aliphatic rings. The van der Waals surface area contributed by atoms with E-state index in [0.29, 0.717) is 18.2 Å². The molecule has 0 atom stereocenters. The number of carbonyl (C=O) groups is 2. The molecule has 0 bridgehead atoms. The van der Waals surface area contributed by atoms with E-state index in [0.717, 1.165) is 37.4 Å². The van der Waals surface area contributed by atoms with E-state index in [-0.39, 0.29) is 11.7 Å². The highest BCUT2D eigenvalue weighted by atomic mass is 16.2. The summed E-state index contributed by atoms with van der Waals surface area (Å²) in [5.74, 6) is -0.414. The van der Waals surface area contributed by atoms with Gasteiger partial charge in [0.25, 0.3) is 5.78 Å². The molecule has 4 rings (SSSR count). The maximum Gasteiger partial charge on any atom is 0.303 e. The molecule has 0 saturated carbocycles. The van der Waals surface area contributed by atoms with Crippen LogP contribution >= 0.6 is 0 Å². The van der Waals surface area contributed by atoms with Gasteiger partial charge in [-0.3, -0.25) is 14.5 Å². The van der Waals surface area contributed by atoms with E-state index in [1.807, 2.05) is 24.3 Å². The molecule has 5 nitrogen and oxygen atoms in total. The van der Waals surface area contributed by atoms with E-state index in [1.165, 1.54) is 10.6 Å². The smallest absolute Gasteiger partial charge is 0.303 e. The van der Waals surface area contributed by atoms with Crippen molar-refractivity contribution in [1.82, 2.24) is 0 Å². The van der Waals surface area contributed by atoms with Crippen molar-refractivity contribution >= 4 is 23.1 Å². The molecule has 1 N–H and O–H groups in total. The number of amides is 1. The van der Waals surface area contributed by atoms with Crippen LogP contribution < -0.4 is 14.7 Å². The number of hydrogen-bond donors (Lipinski definition) is 1. The first-order chi connectivity index (χ1) is 13.0. The van der Waals surface area contributed by atoms with Crippen molar-refractivity contribution in [1.29, 1.82) is 0 Å². The first-order valence-corrected chi connectivity index (χ1v) is 9.68. The molecule has 2 heterocycles. The van der Waals surface area contributed by atoms with Crippen LogP contribution in [0.3, 0.4) is 0 Å². The maximum atomic E-state index is 12.6. The topological polar surface area (TPSA) is 45.1 Å². The van der Waals surface area contributed by atoms with Gasteiger partial charge in [0.1, 0.15) is 0 Å². The number of piperazine rings is 1. The van der Waals surface area contributed by atoms with Gasteiger partial charge in [0.05, 0.1) is 37.4 Å². The lowest BCUT2D eigenvalue weighted by molar-refractivity contribution is -0.899. The number of Topliss-reactive ketones (excluding diaryl/α,β-unsaturated/α-hetero) is 1. The Morgan fingerprint density at radius 2 is 1.70 bits per heavy atom. The van der Waals surface area contributed by atoms with Crippen molar-refractivity contribution in [2.45, 2.75) is 19.8 Å². The molecule has 0 spiro atoms. The van der Waals surface area contributed by atoms with Crippen LogP contribution in [0.1, 0.15) is 35.7 Å². The number of nitrogens with one attached hydrogen (secondary N) is 1. The minimum atomic E-state index is -0.385. The number of rotatable bonds is 4. The van der Waals surface area contributed by atoms with E-state index in [9.17, 15) is 9.59 Å². The third-order valence-electron chi connectivity index (χ3n) is 5.64. The number of quaternary nitrogens is 1. The number of nitrogens with zero attached hydrogens (tertiary/aromatic N) is 2. The van der Waals surface area contributed by atoms with Crippen LogP contribution in [0.15, 0.2) is 48.5 Å². The predicted octanol–water partition coefficient (Wildman–Crippen LogP) is 1.70. The molecular weight excluding hydrogens is 338 g/mol. The first-order valence-electron chi connectivity index (χ1n) is 9.68. The average molecular weight is 364 g/mol. The molecule has 1 saturated heterocycles. The number of carbonyl (C=O) groups excluding carboxylic acids is 2. The van der Waals surface area contributed by atoms with Crippen molar-refractivity contribution in [2.75, 3.05) is 42.6 Å². The molecule has 2 aromatic rings. The Kier molecular flexibility index (Phi) is 4.70. The standard InChI is InChI=1S/C22H25N3O2/c1-16(2)17-8-9-20-19(14-17)21(26)22(27)25(20)15-23-10-12-24(13-11-23)18-6-4-3-5-7-18/h3-9,14,16H,10-13,15H2,1-2H3/p+1.